The van der Waals surface area contributed by atoms with Gasteiger partial charge < -0.3 is 10.2 Å². The Kier molecular flexibility index (Phi) is 4.23. The van der Waals surface area contributed by atoms with Crippen LogP contribution in [-0.2, 0) is 0 Å². The van der Waals surface area contributed by atoms with E-state index in [9.17, 15) is 0 Å². The number of fused-ring (bicyclic) bond motifs is 1. The van der Waals surface area contributed by atoms with Crippen LogP contribution in [-0.4, -0.2) is 24.1 Å². The Morgan fingerprint density at radius 1 is 1.23 bits per heavy atom. The predicted molar refractivity (Wildman–Crippen MR) is 95.8 cm³/mol. The number of nitrogens with zero attached hydrogens (tertiary/aromatic N) is 2. The Bertz CT molecular complexity index is 663. The first-order chi connectivity index (χ1) is 10.6. The molecule has 1 saturated heterocycles. The lowest BCUT2D eigenvalue weighted by molar-refractivity contribution is 0.445. The highest BCUT2D eigenvalue weighted by Crippen LogP contribution is 2.34. The third-order valence-corrected chi connectivity index (χ3v) is 4.46. The molecule has 2 heterocycles. The van der Waals surface area contributed by atoms with E-state index in [1.807, 2.05) is 0 Å². The van der Waals surface area contributed by atoms with Gasteiger partial charge in [0, 0.05) is 29.9 Å². The van der Waals surface area contributed by atoms with Crippen molar-refractivity contribution < 1.29 is 0 Å². The van der Waals surface area contributed by atoms with Gasteiger partial charge in [0.15, 0.2) is 0 Å². The van der Waals surface area contributed by atoms with Crippen LogP contribution in [0.25, 0.3) is 10.8 Å². The molecule has 0 radical (unpaired) electrons. The Balaban J connectivity index is 2.12. The molecule has 1 aromatic heterocycles. The second-order valence-corrected chi connectivity index (χ2v) is 6.93. The molecular formula is C19H27N3. The van der Waals surface area contributed by atoms with Gasteiger partial charge in [-0.25, -0.2) is 4.98 Å². The van der Waals surface area contributed by atoms with Crippen molar-refractivity contribution in [2.75, 3.05) is 23.3 Å². The lowest BCUT2D eigenvalue weighted by Crippen LogP contribution is -2.35. The minimum absolute atomic E-state index is 0.407. The summed E-state index contributed by atoms with van der Waals surface area (Å²) in [6, 6.07) is 9.07. The lowest BCUT2D eigenvalue weighted by atomic mass is 9.99. The number of hydrogen-bond acceptors (Lipinski definition) is 3. The van der Waals surface area contributed by atoms with Crippen molar-refractivity contribution in [3.05, 3.63) is 30.0 Å². The highest BCUT2D eigenvalue weighted by atomic mass is 15.2. The number of benzene rings is 1. The van der Waals surface area contributed by atoms with Crippen LogP contribution < -0.4 is 10.2 Å². The van der Waals surface area contributed by atoms with Gasteiger partial charge in [-0.3, -0.25) is 0 Å². The molecule has 1 fully saturated rings. The summed E-state index contributed by atoms with van der Waals surface area (Å²) in [5.74, 6) is 1.91. The van der Waals surface area contributed by atoms with Gasteiger partial charge in [-0.05, 0) is 39.5 Å². The maximum atomic E-state index is 4.98. The van der Waals surface area contributed by atoms with E-state index in [1.165, 1.54) is 29.3 Å². The summed E-state index contributed by atoms with van der Waals surface area (Å²) in [5, 5.41) is 6.13. The molecular weight excluding hydrogens is 270 g/mol. The summed E-state index contributed by atoms with van der Waals surface area (Å²) in [5.41, 5.74) is 2.28. The van der Waals surface area contributed by atoms with Gasteiger partial charge in [0.25, 0.3) is 0 Å². The SMILES string of the molecule is Cc1nc(N2CCCC(C)C2)c2ccccc2c1NC(C)C. The molecule has 3 heteroatoms. The quantitative estimate of drug-likeness (QED) is 0.897. The first-order valence-electron chi connectivity index (χ1n) is 8.47. The maximum absolute atomic E-state index is 4.98. The Labute approximate surface area is 133 Å². The van der Waals surface area contributed by atoms with Crippen LogP contribution in [0.5, 0.6) is 0 Å². The molecule has 118 valence electrons. The molecule has 1 aromatic carbocycles. The monoisotopic (exact) mass is 297 g/mol. The van der Waals surface area contributed by atoms with Crippen LogP contribution in [0.3, 0.4) is 0 Å². The zero-order valence-electron chi connectivity index (χ0n) is 14.2. The molecule has 3 nitrogen and oxygen atoms in total. The Morgan fingerprint density at radius 2 is 1.95 bits per heavy atom. The normalized spacial score (nSPS) is 19.0. The number of aryl methyl sites for hydroxylation is 1. The van der Waals surface area contributed by atoms with E-state index in [-0.39, 0.29) is 0 Å². The van der Waals surface area contributed by atoms with E-state index in [0.29, 0.717) is 6.04 Å². The second-order valence-electron chi connectivity index (χ2n) is 6.93. The molecule has 0 bridgehead atoms. The van der Waals surface area contributed by atoms with Crippen LogP contribution in [0, 0.1) is 12.8 Å². The van der Waals surface area contributed by atoms with E-state index in [1.54, 1.807) is 0 Å². The number of piperidine rings is 1. The van der Waals surface area contributed by atoms with Gasteiger partial charge in [0.1, 0.15) is 5.82 Å². The molecule has 1 aliphatic rings. The van der Waals surface area contributed by atoms with Crippen LogP contribution in [0.2, 0.25) is 0 Å². The largest absolute Gasteiger partial charge is 0.381 e. The number of aromatic nitrogens is 1. The highest BCUT2D eigenvalue weighted by molar-refractivity contribution is 6.01. The number of rotatable bonds is 3. The molecule has 1 unspecified atom stereocenters. The summed E-state index contributed by atoms with van der Waals surface area (Å²) >= 11 is 0. The molecule has 1 N–H and O–H groups in total. The van der Waals surface area contributed by atoms with Crippen LogP contribution >= 0.6 is 0 Å². The third kappa shape index (κ3) is 2.90. The zero-order chi connectivity index (χ0) is 15.7. The number of anilines is 2. The van der Waals surface area contributed by atoms with Crippen molar-refractivity contribution in [1.82, 2.24) is 4.98 Å². The van der Waals surface area contributed by atoms with E-state index in [0.717, 1.165) is 30.5 Å². The average Bonchev–Trinajstić information content (AvgIpc) is 2.49. The van der Waals surface area contributed by atoms with Gasteiger partial charge in [-0.2, -0.15) is 0 Å². The number of hydrogen-bond donors (Lipinski definition) is 1. The summed E-state index contributed by atoms with van der Waals surface area (Å²) in [4.78, 5) is 7.45. The van der Waals surface area contributed by atoms with Crippen molar-refractivity contribution in [1.29, 1.82) is 0 Å². The summed E-state index contributed by atoms with van der Waals surface area (Å²) in [6.45, 7) is 11.1. The molecule has 3 rings (SSSR count). The molecule has 1 aliphatic heterocycles. The van der Waals surface area contributed by atoms with Gasteiger partial charge in [0.05, 0.1) is 11.4 Å². The molecule has 0 spiro atoms. The van der Waals surface area contributed by atoms with Crippen molar-refractivity contribution in [3.63, 3.8) is 0 Å². The fourth-order valence-electron chi connectivity index (χ4n) is 3.46. The fraction of sp³-hybridized carbons (Fsp3) is 0.526. The maximum Gasteiger partial charge on any atom is 0.136 e. The van der Waals surface area contributed by atoms with Crippen molar-refractivity contribution in [2.24, 2.45) is 5.92 Å². The van der Waals surface area contributed by atoms with E-state index >= 15 is 0 Å². The van der Waals surface area contributed by atoms with Gasteiger partial charge in [0.2, 0.25) is 0 Å². The van der Waals surface area contributed by atoms with Gasteiger partial charge in [-0.15, -0.1) is 0 Å². The molecule has 0 amide bonds. The second kappa shape index (κ2) is 6.15. The van der Waals surface area contributed by atoms with Crippen molar-refractivity contribution in [3.8, 4) is 0 Å². The Hall–Kier alpha value is -1.77. The van der Waals surface area contributed by atoms with Crippen LogP contribution in [0.1, 0.15) is 39.3 Å². The Morgan fingerprint density at radius 3 is 2.64 bits per heavy atom. The van der Waals surface area contributed by atoms with Gasteiger partial charge in [-0.1, -0.05) is 31.2 Å². The van der Waals surface area contributed by atoms with E-state index in [2.05, 4.69) is 62.2 Å². The average molecular weight is 297 g/mol. The summed E-state index contributed by atoms with van der Waals surface area (Å²) in [6.07, 6.45) is 2.60. The van der Waals surface area contributed by atoms with Crippen LogP contribution in [0.15, 0.2) is 24.3 Å². The molecule has 0 saturated carbocycles. The van der Waals surface area contributed by atoms with E-state index in [4.69, 9.17) is 4.98 Å². The predicted octanol–water partition coefficient (Wildman–Crippen LogP) is 4.60. The fourth-order valence-corrected chi connectivity index (χ4v) is 3.46. The van der Waals surface area contributed by atoms with Gasteiger partial charge >= 0.3 is 0 Å². The summed E-state index contributed by atoms with van der Waals surface area (Å²) < 4.78 is 0. The minimum Gasteiger partial charge on any atom is -0.381 e. The zero-order valence-corrected chi connectivity index (χ0v) is 14.2. The first-order valence-corrected chi connectivity index (χ1v) is 8.47. The van der Waals surface area contributed by atoms with E-state index < -0.39 is 0 Å². The van der Waals surface area contributed by atoms with Crippen molar-refractivity contribution in [2.45, 2.75) is 46.6 Å². The topological polar surface area (TPSA) is 28.2 Å². The molecule has 1 atom stereocenters. The highest BCUT2D eigenvalue weighted by Gasteiger charge is 2.21. The standard InChI is InChI=1S/C19H27N3/c1-13(2)20-18-15(4)21-19(17-10-6-5-9-16(17)18)22-11-7-8-14(3)12-22/h5-6,9-10,13-14,20H,7-8,11-12H2,1-4H3. The molecule has 0 aliphatic carbocycles. The van der Waals surface area contributed by atoms with Crippen LogP contribution in [0.4, 0.5) is 11.5 Å². The number of pyridine rings is 1. The first kappa shape index (κ1) is 15.1. The number of nitrogens with one attached hydrogen (secondary N) is 1. The molecule has 2 aromatic rings. The molecule has 22 heavy (non-hydrogen) atoms. The minimum atomic E-state index is 0.407. The van der Waals surface area contributed by atoms with Crippen molar-refractivity contribution >= 4 is 22.3 Å². The third-order valence-electron chi connectivity index (χ3n) is 4.46. The smallest absolute Gasteiger partial charge is 0.136 e. The summed E-state index contributed by atoms with van der Waals surface area (Å²) in [7, 11) is 0. The lowest BCUT2D eigenvalue weighted by Gasteiger charge is -2.33.